The number of hydrogen-bond acceptors (Lipinski definition) is 3. The Morgan fingerprint density at radius 3 is 2.06 bits per heavy atom. The number of rotatable bonds is 5. The third-order valence-electron chi connectivity index (χ3n) is 4.65. The largest absolute Gasteiger partial charge is 0.394 e. The lowest BCUT2D eigenvalue weighted by Gasteiger charge is -2.45. The lowest BCUT2D eigenvalue weighted by molar-refractivity contribution is 0.0412. The molecule has 0 heterocycles. The Balaban J connectivity index is 2.78. The van der Waals surface area contributed by atoms with Crippen molar-refractivity contribution in [2.24, 2.45) is 11.3 Å². The average Bonchev–Trinajstić information content (AvgIpc) is 2.35. The molecule has 2 atom stereocenters. The summed E-state index contributed by atoms with van der Waals surface area (Å²) >= 11 is 0. The number of aliphatic hydroxyl groups is 2. The first-order valence-corrected chi connectivity index (χ1v) is 7.38. The molecule has 0 saturated heterocycles. The lowest BCUT2D eigenvalue weighted by Crippen LogP contribution is -2.59. The monoisotopic (exact) mass is 257 g/mol. The summed E-state index contributed by atoms with van der Waals surface area (Å²) < 4.78 is 0. The highest BCUT2D eigenvalue weighted by atomic mass is 16.3. The number of hydrogen-bond donors (Lipinski definition) is 3. The summed E-state index contributed by atoms with van der Waals surface area (Å²) in [5.74, 6) is 0.621. The molecular weight excluding hydrogens is 226 g/mol. The fraction of sp³-hybridized carbons (Fsp3) is 1.00. The van der Waals surface area contributed by atoms with E-state index in [1.165, 1.54) is 19.3 Å². The van der Waals surface area contributed by atoms with Crippen LogP contribution in [0.2, 0.25) is 0 Å². The Morgan fingerprint density at radius 2 is 1.61 bits per heavy atom. The quantitative estimate of drug-likeness (QED) is 0.708. The van der Waals surface area contributed by atoms with Crippen LogP contribution >= 0.6 is 0 Å². The zero-order chi connectivity index (χ0) is 13.8. The summed E-state index contributed by atoms with van der Waals surface area (Å²) in [5.41, 5.74) is -0.228. The molecule has 0 radical (unpaired) electrons. The molecule has 18 heavy (non-hydrogen) atoms. The molecule has 0 aromatic carbocycles. The average molecular weight is 257 g/mol. The molecule has 1 rings (SSSR count). The van der Waals surface area contributed by atoms with Crippen molar-refractivity contribution in [1.29, 1.82) is 0 Å². The van der Waals surface area contributed by atoms with Gasteiger partial charge in [0.25, 0.3) is 0 Å². The van der Waals surface area contributed by atoms with Gasteiger partial charge in [0.05, 0.1) is 18.8 Å². The molecule has 1 aliphatic rings. The van der Waals surface area contributed by atoms with E-state index in [1.54, 1.807) is 0 Å². The molecule has 0 amide bonds. The van der Waals surface area contributed by atoms with Gasteiger partial charge in [0.2, 0.25) is 0 Å². The second kappa shape index (κ2) is 6.36. The van der Waals surface area contributed by atoms with E-state index in [9.17, 15) is 10.2 Å². The van der Waals surface area contributed by atoms with Gasteiger partial charge in [-0.3, -0.25) is 0 Å². The zero-order valence-electron chi connectivity index (χ0n) is 12.5. The van der Waals surface area contributed by atoms with E-state index >= 15 is 0 Å². The van der Waals surface area contributed by atoms with Crippen molar-refractivity contribution in [3.8, 4) is 0 Å². The number of nitrogens with one attached hydrogen (secondary N) is 1. The molecule has 0 bridgehead atoms. The third kappa shape index (κ3) is 3.69. The van der Waals surface area contributed by atoms with Crippen molar-refractivity contribution in [3.05, 3.63) is 0 Å². The Bertz CT molecular complexity index is 235. The van der Waals surface area contributed by atoms with Crippen LogP contribution in [-0.2, 0) is 0 Å². The van der Waals surface area contributed by atoms with E-state index in [2.05, 4.69) is 26.1 Å². The summed E-state index contributed by atoms with van der Waals surface area (Å²) in [6.45, 7) is 8.92. The van der Waals surface area contributed by atoms with Crippen molar-refractivity contribution < 1.29 is 10.2 Å². The van der Waals surface area contributed by atoms with Crippen LogP contribution < -0.4 is 5.32 Å². The van der Waals surface area contributed by atoms with E-state index in [0.29, 0.717) is 12.0 Å². The van der Waals surface area contributed by atoms with Crippen molar-refractivity contribution in [2.75, 3.05) is 13.2 Å². The first kappa shape index (κ1) is 15.9. The van der Waals surface area contributed by atoms with Gasteiger partial charge in [0, 0.05) is 6.04 Å². The normalized spacial score (nSPS) is 26.3. The minimum Gasteiger partial charge on any atom is -0.394 e. The molecule has 1 aliphatic carbocycles. The third-order valence-corrected chi connectivity index (χ3v) is 4.65. The minimum atomic E-state index is -0.508. The number of aliphatic hydroxyl groups excluding tert-OH is 2. The Labute approximate surface area is 112 Å². The molecule has 0 aromatic rings. The molecule has 3 nitrogen and oxygen atoms in total. The van der Waals surface area contributed by atoms with Gasteiger partial charge < -0.3 is 15.5 Å². The van der Waals surface area contributed by atoms with Crippen LogP contribution in [0.3, 0.4) is 0 Å². The first-order valence-electron chi connectivity index (χ1n) is 7.38. The Kier molecular flexibility index (Phi) is 5.63. The van der Waals surface area contributed by atoms with Crippen molar-refractivity contribution >= 4 is 0 Å². The second-order valence-electron chi connectivity index (χ2n) is 6.96. The lowest BCUT2D eigenvalue weighted by atomic mass is 9.69. The second-order valence-corrected chi connectivity index (χ2v) is 6.96. The van der Waals surface area contributed by atoms with Gasteiger partial charge in [-0.15, -0.1) is 0 Å². The molecule has 2 unspecified atom stereocenters. The molecule has 108 valence electrons. The van der Waals surface area contributed by atoms with E-state index in [4.69, 9.17) is 0 Å². The molecule has 3 heteroatoms. The van der Waals surface area contributed by atoms with Crippen LogP contribution in [0.15, 0.2) is 0 Å². The van der Waals surface area contributed by atoms with Crippen molar-refractivity contribution in [2.45, 2.75) is 71.4 Å². The SMILES string of the molecule is CCC(CO)(CO)NC1CCCCC1C(C)(C)C. The summed E-state index contributed by atoms with van der Waals surface area (Å²) in [7, 11) is 0. The van der Waals surface area contributed by atoms with E-state index in [1.807, 2.05) is 6.92 Å². The fourth-order valence-corrected chi connectivity index (χ4v) is 3.20. The first-order chi connectivity index (χ1) is 8.38. The predicted octanol–water partition coefficient (Wildman–Crippen LogP) is 2.31. The van der Waals surface area contributed by atoms with E-state index in [-0.39, 0.29) is 18.6 Å². The molecule has 1 fully saturated rings. The van der Waals surface area contributed by atoms with E-state index in [0.717, 1.165) is 12.8 Å². The summed E-state index contributed by atoms with van der Waals surface area (Å²) in [4.78, 5) is 0. The summed E-state index contributed by atoms with van der Waals surface area (Å²) in [6.07, 6.45) is 5.72. The Hall–Kier alpha value is -0.120. The maximum atomic E-state index is 9.57. The maximum absolute atomic E-state index is 9.57. The standard InChI is InChI=1S/C15H31NO2/c1-5-15(10-17,11-18)16-13-9-7-6-8-12(13)14(2,3)4/h12-13,16-18H,5-11H2,1-4H3. The topological polar surface area (TPSA) is 52.5 Å². The van der Waals surface area contributed by atoms with Crippen LogP contribution in [0, 0.1) is 11.3 Å². The van der Waals surface area contributed by atoms with Gasteiger partial charge in [0.1, 0.15) is 0 Å². The minimum absolute atomic E-state index is 0.00730. The van der Waals surface area contributed by atoms with Gasteiger partial charge in [-0.25, -0.2) is 0 Å². The van der Waals surface area contributed by atoms with Crippen molar-refractivity contribution in [3.63, 3.8) is 0 Å². The highest BCUT2D eigenvalue weighted by molar-refractivity contribution is 4.95. The predicted molar refractivity (Wildman–Crippen MR) is 75.5 cm³/mol. The Morgan fingerprint density at radius 1 is 1.06 bits per heavy atom. The van der Waals surface area contributed by atoms with Gasteiger partial charge >= 0.3 is 0 Å². The molecule has 0 spiro atoms. The van der Waals surface area contributed by atoms with Crippen LogP contribution in [0.1, 0.15) is 59.8 Å². The highest BCUT2D eigenvalue weighted by Gasteiger charge is 2.38. The summed E-state index contributed by atoms with van der Waals surface area (Å²) in [6, 6.07) is 0.415. The van der Waals surface area contributed by atoms with Gasteiger partial charge in [-0.2, -0.15) is 0 Å². The van der Waals surface area contributed by atoms with Crippen molar-refractivity contribution in [1.82, 2.24) is 5.32 Å². The van der Waals surface area contributed by atoms with Crippen LogP contribution in [-0.4, -0.2) is 35.0 Å². The maximum Gasteiger partial charge on any atom is 0.0647 e. The van der Waals surface area contributed by atoms with Crippen LogP contribution in [0.25, 0.3) is 0 Å². The van der Waals surface area contributed by atoms with Gasteiger partial charge in [0.15, 0.2) is 0 Å². The molecule has 0 aromatic heterocycles. The van der Waals surface area contributed by atoms with Gasteiger partial charge in [-0.1, -0.05) is 40.5 Å². The van der Waals surface area contributed by atoms with Crippen LogP contribution in [0.4, 0.5) is 0 Å². The molecule has 3 N–H and O–H groups in total. The molecule has 1 saturated carbocycles. The van der Waals surface area contributed by atoms with Crippen LogP contribution in [0.5, 0.6) is 0 Å². The van der Waals surface area contributed by atoms with Gasteiger partial charge in [-0.05, 0) is 30.6 Å². The van der Waals surface area contributed by atoms with E-state index < -0.39 is 5.54 Å². The molecular formula is C15H31NO2. The highest BCUT2D eigenvalue weighted by Crippen LogP contribution is 2.38. The smallest absolute Gasteiger partial charge is 0.0647 e. The summed E-state index contributed by atoms with van der Waals surface area (Å²) in [5, 5.41) is 22.7. The molecule has 0 aliphatic heterocycles. The zero-order valence-corrected chi connectivity index (χ0v) is 12.5. The fourth-order valence-electron chi connectivity index (χ4n) is 3.20.